The van der Waals surface area contributed by atoms with Gasteiger partial charge in [0.1, 0.15) is 0 Å². The number of rotatable bonds is 8. The van der Waals surface area contributed by atoms with Gasteiger partial charge in [-0.05, 0) is 18.4 Å². The molecule has 5 nitrogen and oxygen atoms in total. The average Bonchev–Trinajstić information content (AvgIpc) is 2.88. The monoisotopic (exact) mass is 343 g/mol. The Morgan fingerprint density at radius 2 is 1.96 bits per heavy atom. The minimum absolute atomic E-state index is 0.0501. The van der Waals surface area contributed by atoms with E-state index in [-0.39, 0.29) is 23.6 Å². The van der Waals surface area contributed by atoms with E-state index in [0.717, 1.165) is 5.56 Å². The Hall–Kier alpha value is -1.80. The number of sulfonamides is 1. The third kappa shape index (κ3) is 5.40. The molecule has 0 aliphatic heterocycles. The van der Waals surface area contributed by atoms with Crippen LogP contribution in [0.4, 0.5) is 8.78 Å². The highest BCUT2D eigenvalue weighted by atomic mass is 32.2. The lowest BCUT2D eigenvalue weighted by Crippen LogP contribution is -2.26. The molecule has 1 N–H and O–H groups in total. The first-order chi connectivity index (χ1) is 10.9. The highest BCUT2D eigenvalue weighted by Gasteiger charge is 2.18. The molecule has 0 radical (unpaired) electrons. The minimum atomic E-state index is -3.53. The summed E-state index contributed by atoms with van der Waals surface area (Å²) in [7, 11) is -2.01. The van der Waals surface area contributed by atoms with Gasteiger partial charge in [-0.3, -0.25) is 4.68 Å². The quantitative estimate of drug-likeness (QED) is 0.800. The normalized spacial score (nSPS) is 12.0. The van der Waals surface area contributed by atoms with Gasteiger partial charge in [-0.1, -0.05) is 30.3 Å². The largest absolute Gasteiger partial charge is 0.275 e. The fourth-order valence-corrected chi connectivity index (χ4v) is 3.26. The van der Waals surface area contributed by atoms with Crippen LogP contribution in [0.15, 0.2) is 36.5 Å². The molecule has 0 saturated heterocycles. The van der Waals surface area contributed by atoms with Gasteiger partial charge in [0.25, 0.3) is 6.43 Å². The van der Waals surface area contributed by atoms with Crippen LogP contribution in [0.3, 0.4) is 0 Å². The van der Waals surface area contributed by atoms with Crippen LogP contribution in [0.1, 0.15) is 29.7 Å². The highest BCUT2D eigenvalue weighted by molar-refractivity contribution is 7.89. The average molecular weight is 343 g/mol. The van der Waals surface area contributed by atoms with E-state index in [4.69, 9.17) is 0 Å². The van der Waals surface area contributed by atoms with Crippen molar-refractivity contribution in [2.75, 3.05) is 5.75 Å². The second-order valence-corrected chi connectivity index (χ2v) is 7.16. The Morgan fingerprint density at radius 3 is 2.61 bits per heavy atom. The van der Waals surface area contributed by atoms with Gasteiger partial charge in [-0.2, -0.15) is 5.10 Å². The lowest BCUT2D eigenvalue weighted by atomic mass is 10.1. The van der Waals surface area contributed by atoms with Crippen molar-refractivity contribution >= 4 is 10.0 Å². The van der Waals surface area contributed by atoms with Crippen LogP contribution >= 0.6 is 0 Å². The van der Waals surface area contributed by atoms with Gasteiger partial charge in [-0.15, -0.1) is 0 Å². The first-order valence-electron chi connectivity index (χ1n) is 7.19. The topological polar surface area (TPSA) is 64.0 Å². The summed E-state index contributed by atoms with van der Waals surface area (Å²) in [5.41, 5.74) is 0.862. The van der Waals surface area contributed by atoms with Crippen LogP contribution in [0.25, 0.3) is 0 Å². The van der Waals surface area contributed by atoms with Gasteiger partial charge in [0, 0.05) is 13.2 Å². The van der Waals surface area contributed by atoms with E-state index in [0.29, 0.717) is 12.8 Å². The third-order valence-electron chi connectivity index (χ3n) is 3.35. The van der Waals surface area contributed by atoms with Crippen molar-refractivity contribution in [3.8, 4) is 0 Å². The zero-order valence-electron chi connectivity index (χ0n) is 12.7. The highest BCUT2D eigenvalue weighted by Crippen LogP contribution is 2.21. The molecule has 1 aromatic carbocycles. The van der Waals surface area contributed by atoms with Crippen molar-refractivity contribution in [1.82, 2.24) is 14.5 Å². The number of benzene rings is 1. The first kappa shape index (κ1) is 17.6. The molecule has 0 fully saturated rings. The van der Waals surface area contributed by atoms with Crippen LogP contribution in [0.5, 0.6) is 0 Å². The van der Waals surface area contributed by atoms with Gasteiger partial charge in [-0.25, -0.2) is 21.9 Å². The summed E-state index contributed by atoms with van der Waals surface area (Å²) in [4.78, 5) is 0. The van der Waals surface area contributed by atoms with Crippen LogP contribution < -0.4 is 4.72 Å². The predicted octanol–water partition coefficient (Wildman–Crippen LogP) is 2.41. The maximum Gasteiger partial charge on any atom is 0.267 e. The number of nitrogens with zero attached hydrogens (tertiary/aromatic N) is 2. The predicted molar refractivity (Wildman–Crippen MR) is 83.6 cm³/mol. The Balaban J connectivity index is 1.87. The second kappa shape index (κ2) is 7.65. The van der Waals surface area contributed by atoms with E-state index in [1.165, 1.54) is 17.9 Å². The number of aromatic nitrogens is 2. The Labute approximate surface area is 134 Å². The third-order valence-corrected chi connectivity index (χ3v) is 4.76. The van der Waals surface area contributed by atoms with E-state index in [1.807, 2.05) is 30.3 Å². The van der Waals surface area contributed by atoms with E-state index in [9.17, 15) is 17.2 Å². The van der Waals surface area contributed by atoms with Gasteiger partial charge in [0.15, 0.2) is 0 Å². The molecule has 0 aliphatic rings. The van der Waals surface area contributed by atoms with Gasteiger partial charge in [0.2, 0.25) is 10.0 Å². The van der Waals surface area contributed by atoms with E-state index >= 15 is 0 Å². The molecule has 0 saturated carbocycles. The zero-order valence-corrected chi connectivity index (χ0v) is 13.6. The standard InChI is InChI=1S/C15H19F2N3O2S/c1-20-11-13(15(16)17)14(19-20)10-18-23(21,22)9-5-8-12-6-3-2-4-7-12/h2-4,6-7,11,15,18H,5,8-10H2,1H3. The molecule has 1 heterocycles. The molecular formula is C15H19F2N3O2S. The molecule has 0 atom stereocenters. The molecule has 0 unspecified atom stereocenters. The fourth-order valence-electron chi connectivity index (χ4n) is 2.23. The SMILES string of the molecule is Cn1cc(C(F)F)c(CNS(=O)(=O)CCCc2ccccc2)n1. The van der Waals surface area contributed by atoms with Crippen LogP contribution in [0.2, 0.25) is 0 Å². The van der Waals surface area contributed by atoms with Gasteiger partial charge >= 0.3 is 0 Å². The number of nitrogens with one attached hydrogen (secondary N) is 1. The van der Waals surface area contributed by atoms with Crippen molar-refractivity contribution in [2.45, 2.75) is 25.8 Å². The number of aryl methyl sites for hydroxylation is 2. The van der Waals surface area contributed by atoms with Crippen molar-refractivity contribution in [3.05, 3.63) is 53.3 Å². The van der Waals surface area contributed by atoms with Crippen molar-refractivity contribution in [3.63, 3.8) is 0 Å². The summed E-state index contributed by atoms with van der Waals surface area (Å²) < 4.78 is 53.1. The van der Waals surface area contributed by atoms with Crippen molar-refractivity contribution < 1.29 is 17.2 Å². The smallest absolute Gasteiger partial charge is 0.267 e. The molecule has 0 bridgehead atoms. The molecule has 23 heavy (non-hydrogen) atoms. The van der Waals surface area contributed by atoms with Crippen LogP contribution in [-0.4, -0.2) is 24.0 Å². The first-order valence-corrected chi connectivity index (χ1v) is 8.84. The van der Waals surface area contributed by atoms with Crippen molar-refractivity contribution in [1.29, 1.82) is 0 Å². The number of alkyl halides is 2. The zero-order chi connectivity index (χ0) is 16.9. The van der Waals surface area contributed by atoms with E-state index in [1.54, 1.807) is 0 Å². The van der Waals surface area contributed by atoms with Crippen molar-refractivity contribution in [2.24, 2.45) is 7.05 Å². The summed E-state index contributed by atoms with van der Waals surface area (Å²) in [6.07, 6.45) is -0.373. The van der Waals surface area contributed by atoms with Crippen LogP contribution in [-0.2, 0) is 30.0 Å². The lowest BCUT2D eigenvalue weighted by Gasteiger charge is -2.07. The lowest BCUT2D eigenvalue weighted by molar-refractivity contribution is 0.150. The molecule has 126 valence electrons. The van der Waals surface area contributed by atoms with E-state index in [2.05, 4.69) is 9.82 Å². The molecule has 0 spiro atoms. The van der Waals surface area contributed by atoms with Crippen LogP contribution in [0, 0.1) is 0 Å². The Kier molecular flexibility index (Phi) is 5.84. The maximum atomic E-state index is 12.8. The molecule has 1 aromatic heterocycles. The molecular weight excluding hydrogens is 324 g/mol. The fraction of sp³-hybridized carbons (Fsp3) is 0.400. The maximum absolute atomic E-state index is 12.8. The second-order valence-electron chi connectivity index (χ2n) is 5.23. The number of halogens is 2. The Bertz CT molecular complexity index is 730. The number of hydrogen-bond acceptors (Lipinski definition) is 3. The molecule has 8 heteroatoms. The Morgan fingerprint density at radius 1 is 1.26 bits per heavy atom. The summed E-state index contributed by atoms with van der Waals surface area (Å²) in [6, 6.07) is 9.56. The molecule has 0 aliphatic carbocycles. The summed E-state index contributed by atoms with van der Waals surface area (Å²) >= 11 is 0. The molecule has 2 aromatic rings. The minimum Gasteiger partial charge on any atom is -0.275 e. The van der Waals surface area contributed by atoms with E-state index < -0.39 is 16.4 Å². The molecule has 0 amide bonds. The summed E-state index contributed by atoms with van der Waals surface area (Å²) in [6.45, 7) is -0.228. The summed E-state index contributed by atoms with van der Waals surface area (Å²) in [5.74, 6) is -0.0568. The molecule has 2 rings (SSSR count). The number of hydrogen-bond donors (Lipinski definition) is 1. The van der Waals surface area contributed by atoms with Gasteiger partial charge in [0.05, 0.1) is 23.6 Å². The summed E-state index contributed by atoms with van der Waals surface area (Å²) in [5, 5.41) is 3.87. The van der Waals surface area contributed by atoms with Gasteiger partial charge < -0.3 is 0 Å².